The Morgan fingerprint density at radius 3 is 2.32 bits per heavy atom. The van der Waals surface area contributed by atoms with E-state index >= 15 is 0 Å². The van der Waals surface area contributed by atoms with Gasteiger partial charge in [-0.3, -0.25) is 4.39 Å². The lowest BCUT2D eigenvalue weighted by Gasteiger charge is -2.14. The SMILES string of the molecule is Cc1cc(C)c(SCC(F)(F)F)cc1OCCCCCCF. The molecule has 0 aliphatic carbocycles. The fraction of sp³-hybridized carbons (Fsp3) is 0.625. The number of aryl methyl sites for hydroxylation is 2. The molecule has 1 aromatic rings. The zero-order valence-electron chi connectivity index (χ0n) is 12.9. The van der Waals surface area contributed by atoms with Crippen molar-refractivity contribution in [2.75, 3.05) is 19.0 Å². The van der Waals surface area contributed by atoms with Gasteiger partial charge in [-0.15, -0.1) is 11.8 Å². The second-order valence-electron chi connectivity index (χ2n) is 5.24. The molecule has 0 amide bonds. The van der Waals surface area contributed by atoms with Crippen molar-refractivity contribution >= 4 is 11.8 Å². The van der Waals surface area contributed by atoms with Crippen LogP contribution in [0.1, 0.15) is 36.8 Å². The highest BCUT2D eigenvalue weighted by Crippen LogP contribution is 2.33. The average molecular weight is 338 g/mol. The molecule has 0 atom stereocenters. The minimum Gasteiger partial charge on any atom is -0.493 e. The fourth-order valence-corrected chi connectivity index (χ4v) is 2.81. The van der Waals surface area contributed by atoms with Gasteiger partial charge in [0.2, 0.25) is 0 Å². The van der Waals surface area contributed by atoms with Gasteiger partial charge in [0.1, 0.15) is 5.75 Å². The number of thioether (sulfide) groups is 1. The summed E-state index contributed by atoms with van der Waals surface area (Å²) >= 11 is 0.781. The normalized spacial score (nSPS) is 11.7. The van der Waals surface area contributed by atoms with E-state index in [1.165, 1.54) is 0 Å². The van der Waals surface area contributed by atoms with E-state index in [4.69, 9.17) is 4.74 Å². The van der Waals surface area contributed by atoms with Crippen molar-refractivity contribution in [3.8, 4) is 5.75 Å². The van der Waals surface area contributed by atoms with Crippen molar-refractivity contribution in [1.82, 2.24) is 0 Å². The molecule has 0 spiro atoms. The molecule has 0 aliphatic heterocycles. The summed E-state index contributed by atoms with van der Waals surface area (Å²) in [7, 11) is 0. The van der Waals surface area contributed by atoms with Crippen molar-refractivity contribution in [2.24, 2.45) is 0 Å². The van der Waals surface area contributed by atoms with Gasteiger partial charge < -0.3 is 4.74 Å². The van der Waals surface area contributed by atoms with E-state index in [0.717, 1.165) is 42.2 Å². The maximum absolute atomic E-state index is 12.3. The summed E-state index contributed by atoms with van der Waals surface area (Å²) in [6.45, 7) is 3.88. The van der Waals surface area contributed by atoms with Gasteiger partial charge in [0, 0.05) is 4.90 Å². The third-order valence-electron chi connectivity index (χ3n) is 3.15. The summed E-state index contributed by atoms with van der Waals surface area (Å²) in [6, 6.07) is 3.53. The Hall–Kier alpha value is -0.910. The smallest absolute Gasteiger partial charge is 0.398 e. The monoisotopic (exact) mass is 338 g/mol. The van der Waals surface area contributed by atoms with Crippen LogP contribution < -0.4 is 4.74 Å². The number of rotatable bonds is 9. The predicted molar refractivity (Wildman–Crippen MR) is 82.6 cm³/mol. The van der Waals surface area contributed by atoms with Crippen LogP contribution in [0.3, 0.4) is 0 Å². The molecule has 6 heteroatoms. The first-order valence-corrected chi connectivity index (χ1v) is 8.31. The zero-order valence-corrected chi connectivity index (χ0v) is 13.7. The molecule has 1 rings (SSSR count). The van der Waals surface area contributed by atoms with E-state index in [-0.39, 0.29) is 6.67 Å². The lowest BCUT2D eigenvalue weighted by atomic mass is 10.1. The Labute approximate surface area is 133 Å². The second-order valence-corrected chi connectivity index (χ2v) is 6.26. The first kappa shape index (κ1) is 19.1. The quantitative estimate of drug-likeness (QED) is 0.316. The molecule has 0 saturated heterocycles. The highest BCUT2D eigenvalue weighted by atomic mass is 32.2. The molecule has 22 heavy (non-hydrogen) atoms. The molecule has 0 N–H and O–H groups in total. The molecule has 0 fully saturated rings. The minimum absolute atomic E-state index is 0.294. The van der Waals surface area contributed by atoms with Crippen molar-refractivity contribution < 1.29 is 22.3 Å². The molecular formula is C16H22F4OS. The Morgan fingerprint density at radius 2 is 1.68 bits per heavy atom. The summed E-state index contributed by atoms with van der Waals surface area (Å²) < 4.78 is 54.6. The number of hydrogen-bond acceptors (Lipinski definition) is 2. The third-order valence-corrected chi connectivity index (χ3v) is 4.37. The van der Waals surface area contributed by atoms with Crippen molar-refractivity contribution in [1.29, 1.82) is 0 Å². The molecule has 1 aromatic carbocycles. The van der Waals surface area contributed by atoms with E-state index in [1.54, 1.807) is 13.0 Å². The van der Waals surface area contributed by atoms with Gasteiger partial charge >= 0.3 is 6.18 Å². The molecule has 0 heterocycles. The van der Waals surface area contributed by atoms with E-state index in [9.17, 15) is 17.6 Å². The van der Waals surface area contributed by atoms with Gasteiger partial charge in [0.05, 0.1) is 19.0 Å². The van der Waals surface area contributed by atoms with Crippen LogP contribution in [0, 0.1) is 13.8 Å². The first-order valence-electron chi connectivity index (χ1n) is 7.33. The Kier molecular flexibility index (Phi) is 8.07. The van der Waals surface area contributed by atoms with Crippen LogP contribution in [0.4, 0.5) is 17.6 Å². The molecule has 0 bridgehead atoms. The summed E-state index contributed by atoms with van der Waals surface area (Å²) in [6.07, 6.45) is -1.07. The van der Waals surface area contributed by atoms with E-state index in [1.807, 2.05) is 13.0 Å². The fourth-order valence-electron chi connectivity index (χ4n) is 2.02. The van der Waals surface area contributed by atoms with Gasteiger partial charge in [-0.25, -0.2) is 0 Å². The summed E-state index contributed by atoms with van der Waals surface area (Å²) in [5, 5.41) is 0. The van der Waals surface area contributed by atoms with Gasteiger partial charge in [0.25, 0.3) is 0 Å². The second kappa shape index (κ2) is 9.28. The minimum atomic E-state index is -4.18. The van der Waals surface area contributed by atoms with Crippen LogP contribution in [0.25, 0.3) is 0 Å². The zero-order chi connectivity index (χ0) is 16.6. The third kappa shape index (κ3) is 7.38. The Balaban J connectivity index is 2.55. The molecule has 0 aliphatic rings. The van der Waals surface area contributed by atoms with Crippen LogP contribution in [0.2, 0.25) is 0 Å². The Bertz CT molecular complexity index is 460. The van der Waals surface area contributed by atoms with Gasteiger partial charge in [0.15, 0.2) is 0 Å². The maximum atomic E-state index is 12.3. The van der Waals surface area contributed by atoms with Crippen LogP contribution in [0.5, 0.6) is 5.75 Å². The number of halogens is 4. The molecule has 126 valence electrons. The van der Waals surface area contributed by atoms with Crippen molar-refractivity contribution in [3.63, 3.8) is 0 Å². The van der Waals surface area contributed by atoms with E-state index < -0.39 is 11.9 Å². The lowest BCUT2D eigenvalue weighted by molar-refractivity contribution is -0.105. The maximum Gasteiger partial charge on any atom is 0.398 e. The van der Waals surface area contributed by atoms with Crippen LogP contribution in [-0.4, -0.2) is 25.2 Å². The summed E-state index contributed by atoms with van der Waals surface area (Å²) in [4.78, 5) is 0.593. The first-order chi connectivity index (χ1) is 10.3. The number of unbranched alkanes of at least 4 members (excludes halogenated alkanes) is 3. The molecule has 0 unspecified atom stereocenters. The van der Waals surface area contributed by atoms with Crippen LogP contribution >= 0.6 is 11.8 Å². The molecule has 0 radical (unpaired) electrons. The predicted octanol–water partition coefficient (Wildman–Crippen LogP) is 5.87. The van der Waals surface area contributed by atoms with E-state index in [2.05, 4.69) is 0 Å². The average Bonchev–Trinajstić information content (AvgIpc) is 2.42. The molecule has 0 saturated carbocycles. The topological polar surface area (TPSA) is 9.23 Å². The van der Waals surface area contributed by atoms with Gasteiger partial charge in [-0.1, -0.05) is 12.5 Å². The van der Waals surface area contributed by atoms with E-state index in [0.29, 0.717) is 23.7 Å². The van der Waals surface area contributed by atoms with Crippen molar-refractivity contribution in [2.45, 2.75) is 50.6 Å². The number of hydrogen-bond donors (Lipinski definition) is 0. The van der Waals surface area contributed by atoms with Crippen LogP contribution in [0.15, 0.2) is 17.0 Å². The summed E-state index contributed by atoms with van der Waals surface area (Å²) in [5.74, 6) is -0.277. The highest BCUT2D eigenvalue weighted by molar-refractivity contribution is 7.99. The number of benzene rings is 1. The molecule has 1 nitrogen and oxygen atoms in total. The standard InChI is InChI=1S/C16H22F4OS/c1-12-9-13(2)15(22-11-16(18,19)20)10-14(12)21-8-6-4-3-5-7-17/h9-10H,3-8,11H2,1-2H3. The molecular weight excluding hydrogens is 316 g/mol. The van der Waals surface area contributed by atoms with Gasteiger partial charge in [-0.2, -0.15) is 13.2 Å². The molecule has 0 aromatic heterocycles. The van der Waals surface area contributed by atoms with Crippen LogP contribution in [-0.2, 0) is 0 Å². The largest absolute Gasteiger partial charge is 0.493 e. The number of ether oxygens (including phenoxy) is 1. The number of alkyl halides is 4. The van der Waals surface area contributed by atoms with Crippen molar-refractivity contribution in [3.05, 3.63) is 23.3 Å². The van der Waals surface area contributed by atoms with Gasteiger partial charge in [-0.05, 0) is 50.3 Å². The highest BCUT2D eigenvalue weighted by Gasteiger charge is 2.27. The summed E-state index contributed by atoms with van der Waals surface area (Å²) in [5.41, 5.74) is 1.74. The lowest BCUT2D eigenvalue weighted by Crippen LogP contribution is -2.10. The Morgan fingerprint density at radius 1 is 1.00 bits per heavy atom.